The number of carbonyl (C=O) groups excluding carboxylic acids is 2. The molecule has 268 valence electrons. The Labute approximate surface area is 304 Å². The number of methoxy groups -OCH3 is 2. The Balaban J connectivity index is 1.23. The zero-order valence-corrected chi connectivity index (χ0v) is 29.4. The summed E-state index contributed by atoms with van der Waals surface area (Å²) in [5.74, 6) is -0.790. The van der Waals surface area contributed by atoms with E-state index >= 15 is 4.39 Å². The van der Waals surface area contributed by atoms with Crippen LogP contribution in [0.3, 0.4) is 0 Å². The number of aromatic nitrogens is 1. The maximum atomic E-state index is 15.1. The lowest BCUT2D eigenvalue weighted by atomic mass is 9.86. The van der Waals surface area contributed by atoms with Gasteiger partial charge < -0.3 is 29.3 Å². The van der Waals surface area contributed by atoms with Crippen LogP contribution in [0.1, 0.15) is 46.0 Å². The van der Waals surface area contributed by atoms with Crippen LogP contribution in [-0.2, 0) is 22.4 Å². The number of halogens is 3. The van der Waals surface area contributed by atoms with Crippen molar-refractivity contribution < 1.29 is 42.8 Å². The minimum absolute atomic E-state index is 0.0284. The first-order valence-corrected chi connectivity index (χ1v) is 17.1. The third-order valence-electron chi connectivity index (χ3n) is 9.31. The van der Waals surface area contributed by atoms with Gasteiger partial charge in [0.05, 0.1) is 26.3 Å². The number of pyridine rings is 1. The van der Waals surface area contributed by atoms with E-state index in [0.717, 1.165) is 49.3 Å². The largest absolute Gasteiger partial charge is 0.619 e. The van der Waals surface area contributed by atoms with Gasteiger partial charge in [-0.15, -0.1) is 0 Å². The highest BCUT2D eigenvalue weighted by atomic mass is 35.5. The molecule has 0 aliphatic carbocycles. The zero-order chi connectivity index (χ0) is 36.2. The van der Waals surface area contributed by atoms with E-state index in [-0.39, 0.29) is 46.3 Å². The number of para-hydroxylation sites is 1. The van der Waals surface area contributed by atoms with Crippen molar-refractivity contribution in [1.29, 1.82) is 0 Å². The number of esters is 1. The predicted octanol–water partition coefficient (Wildman–Crippen LogP) is 6.87. The SMILES string of the molecule is COc1ccc([C@H](Cc2c(Cl)c[n+]([O-])cc2Cl)OC(=O)c2ccc(CN(C(=O)O[C@H]3CN4CCC3CC4)c3c(O)cccc3F)cc2)cc1OC. The van der Waals surface area contributed by atoms with Gasteiger partial charge in [0.15, 0.2) is 29.7 Å². The maximum absolute atomic E-state index is 15.1. The van der Waals surface area contributed by atoms with Crippen molar-refractivity contribution in [3.63, 3.8) is 0 Å². The lowest BCUT2D eigenvalue weighted by molar-refractivity contribution is -0.605. The summed E-state index contributed by atoms with van der Waals surface area (Å²) >= 11 is 12.7. The smallest absolute Gasteiger partial charge is 0.415 e. The molecule has 1 amide bonds. The topological polar surface area (TPSA) is 125 Å². The molecule has 0 spiro atoms. The van der Waals surface area contributed by atoms with Crippen molar-refractivity contribution in [2.45, 2.75) is 38.0 Å². The zero-order valence-electron chi connectivity index (χ0n) is 27.9. The van der Waals surface area contributed by atoms with E-state index < -0.39 is 29.7 Å². The number of aromatic hydroxyl groups is 1. The number of rotatable bonds is 11. The summed E-state index contributed by atoms with van der Waals surface area (Å²) in [5, 5.41) is 22.7. The summed E-state index contributed by atoms with van der Waals surface area (Å²) in [7, 11) is 2.98. The number of hydrogen-bond acceptors (Lipinski definition) is 9. The Bertz CT molecular complexity index is 1860. The van der Waals surface area contributed by atoms with E-state index in [1.165, 1.54) is 38.5 Å². The number of nitrogens with zero attached hydrogens (tertiary/aromatic N) is 3. The molecule has 0 unspecified atom stereocenters. The molecule has 2 bridgehead atoms. The summed E-state index contributed by atoms with van der Waals surface area (Å²) in [4.78, 5) is 30.5. The van der Waals surface area contributed by atoms with E-state index in [1.807, 2.05) is 0 Å². The molecule has 4 aromatic rings. The number of phenolic OH excluding ortho intramolecular Hbond substituents is 1. The second-order valence-corrected chi connectivity index (χ2v) is 13.3. The van der Waals surface area contributed by atoms with Crippen molar-refractivity contribution in [2.75, 3.05) is 38.8 Å². The van der Waals surface area contributed by atoms with Gasteiger partial charge in [0.25, 0.3) is 0 Å². The fraction of sp³-hybridized carbons (Fsp3) is 0.324. The lowest BCUT2D eigenvalue weighted by Gasteiger charge is -2.44. The van der Waals surface area contributed by atoms with Gasteiger partial charge in [-0.3, -0.25) is 9.80 Å². The van der Waals surface area contributed by atoms with Crippen LogP contribution < -0.4 is 19.1 Å². The molecular weight excluding hydrogens is 704 g/mol. The van der Waals surface area contributed by atoms with Crippen LogP contribution in [-0.4, -0.2) is 62.0 Å². The van der Waals surface area contributed by atoms with Crippen molar-refractivity contribution in [3.8, 4) is 17.2 Å². The molecule has 1 aromatic heterocycles. The van der Waals surface area contributed by atoms with Crippen molar-refractivity contribution in [1.82, 2.24) is 4.90 Å². The van der Waals surface area contributed by atoms with Gasteiger partial charge in [0.2, 0.25) is 0 Å². The van der Waals surface area contributed by atoms with E-state index in [2.05, 4.69) is 4.90 Å². The standard InChI is InChI=1S/C37H36Cl2FN3O8/c1-48-31-11-10-25(16-33(31)49-2)32(17-26-27(38)19-42(47)20-28(26)39)50-36(45)24-8-6-22(7-9-24)18-43(35-29(40)4-3-5-30(35)44)37(46)51-34-21-41-14-12-23(34)13-15-41/h3-11,16,19-20,23,32,34,44H,12-15,17-18,21H2,1-2H3/t32-,34-/m0/s1. The van der Waals surface area contributed by atoms with Gasteiger partial charge in [0.1, 0.15) is 33.7 Å². The average molecular weight is 741 g/mol. The fourth-order valence-corrected chi connectivity index (χ4v) is 7.16. The molecule has 3 fully saturated rings. The molecule has 51 heavy (non-hydrogen) atoms. The van der Waals surface area contributed by atoms with Crippen molar-refractivity contribution >= 4 is 41.0 Å². The lowest BCUT2D eigenvalue weighted by Crippen LogP contribution is -2.53. The van der Waals surface area contributed by atoms with Crippen LogP contribution in [0.5, 0.6) is 17.2 Å². The molecule has 3 saturated heterocycles. The number of benzene rings is 3. The molecule has 14 heteroatoms. The first kappa shape index (κ1) is 36.0. The molecule has 11 nitrogen and oxygen atoms in total. The summed E-state index contributed by atoms with van der Waals surface area (Å²) in [6, 6.07) is 15.1. The van der Waals surface area contributed by atoms with Gasteiger partial charge in [-0.2, -0.15) is 4.73 Å². The highest BCUT2D eigenvalue weighted by molar-refractivity contribution is 6.35. The number of amides is 1. The molecule has 0 saturated carbocycles. The van der Waals surface area contributed by atoms with E-state index in [0.29, 0.717) is 39.5 Å². The van der Waals surface area contributed by atoms with Crippen LogP contribution >= 0.6 is 23.2 Å². The summed E-state index contributed by atoms with van der Waals surface area (Å²) in [6.45, 7) is 2.36. The Morgan fingerprint density at radius 1 is 1.02 bits per heavy atom. The highest BCUT2D eigenvalue weighted by Crippen LogP contribution is 2.37. The summed E-state index contributed by atoms with van der Waals surface area (Å²) < 4.78 is 38.3. The van der Waals surface area contributed by atoms with Crippen LogP contribution in [0.15, 0.2) is 73.1 Å². The Morgan fingerprint density at radius 2 is 1.71 bits per heavy atom. The van der Waals surface area contributed by atoms with Crippen LogP contribution in [0.25, 0.3) is 0 Å². The first-order chi connectivity index (χ1) is 24.5. The Morgan fingerprint density at radius 3 is 2.31 bits per heavy atom. The quantitative estimate of drug-likeness (QED) is 0.0997. The van der Waals surface area contributed by atoms with Crippen LogP contribution in [0.4, 0.5) is 14.9 Å². The van der Waals surface area contributed by atoms with E-state index in [4.69, 9.17) is 42.1 Å². The Hall–Kier alpha value is -4.78. The van der Waals surface area contributed by atoms with Crippen molar-refractivity contribution in [3.05, 3.63) is 116 Å². The van der Waals surface area contributed by atoms with E-state index in [9.17, 15) is 19.9 Å². The number of phenols is 1. The molecule has 2 atom stereocenters. The number of ether oxygens (including phenoxy) is 4. The predicted molar refractivity (Wildman–Crippen MR) is 187 cm³/mol. The van der Waals surface area contributed by atoms with Gasteiger partial charge in [-0.1, -0.05) is 47.5 Å². The normalized spacial score (nSPS) is 18.5. The van der Waals surface area contributed by atoms with Crippen LogP contribution in [0, 0.1) is 16.9 Å². The molecule has 0 radical (unpaired) electrons. The number of anilines is 1. The second kappa shape index (κ2) is 15.6. The van der Waals surface area contributed by atoms with Crippen molar-refractivity contribution in [2.24, 2.45) is 5.92 Å². The van der Waals surface area contributed by atoms with Crippen LogP contribution in [0.2, 0.25) is 10.0 Å². The second-order valence-electron chi connectivity index (χ2n) is 12.5. The molecule has 1 N–H and O–H groups in total. The molecular formula is C37H36Cl2FN3O8. The minimum Gasteiger partial charge on any atom is -0.619 e. The van der Waals surface area contributed by atoms with Gasteiger partial charge in [-0.25, -0.2) is 14.0 Å². The Kier molecular flexibility index (Phi) is 11.0. The molecule has 7 rings (SSSR count). The molecule has 3 aliphatic heterocycles. The minimum atomic E-state index is -0.921. The summed E-state index contributed by atoms with van der Waals surface area (Å²) in [5.41, 5.74) is 1.36. The van der Waals surface area contributed by atoms with Gasteiger partial charge in [0, 0.05) is 18.5 Å². The maximum Gasteiger partial charge on any atom is 0.415 e. The first-order valence-electron chi connectivity index (χ1n) is 16.3. The fourth-order valence-electron chi connectivity index (χ4n) is 6.56. The molecule has 4 heterocycles. The summed E-state index contributed by atoms with van der Waals surface area (Å²) in [6.07, 6.45) is 2.14. The van der Waals surface area contributed by atoms with E-state index in [1.54, 1.807) is 30.3 Å². The molecule has 3 aromatic carbocycles. The monoisotopic (exact) mass is 739 g/mol. The third-order valence-corrected chi connectivity index (χ3v) is 9.96. The number of piperidine rings is 3. The highest BCUT2D eigenvalue weighted by Gasteiger charge is 2.38. The number of hydrogen-bond donors (Lipinski definition) is 1. The third kappa shape index (κ3) is 8.08. The van der Waals surface area contributed by atoms with Gasteiger partial charge in [-0.05, 0) is 79.4 Å². The number of carbonyl (C=O) groups is 2. The number of fused-ring (bicyclic) bond motifs is 3. The van der Waals surface area contributed by atoms with Gasteiger partial charge >= 0.3 is 12.1 Å². The average Bonchev–Trinajstić information content (AvgIpc) is 3.12. The molecule has 3 aliphatic rings.